The van der Waals surface area contributed by atoms with Crippen LogP contribution < -0.4 is 16.4 Å². The first-order valence-corrected chi connectivity index (χ1v) is 8.83. The van der Waals surface area contributed by atoms with Crippen LogP contribution in [0, 0.1) is 5.92 Å². The predicted octanol–water partition coefficient (Wildman–Crippen LogP) is 3.00. The van der Waals surface area contributed by atoms with Crippen molar-refractivity contribution < 1.29 is 9.21 Å². The SMILES string of the molecule is CN=C(NCc1ccc(C(N)=O)o1)NC(C)c1ccc(CC(C)C)cc1. The van der Waals surface area contributed by atoms with Gasteiger partial charge >= 0.3 is 0 Å². The third-order valence-corrected chi connectivity index (χ3v) is 4.04. The first kappa shape index (κ1) is 19.6. The maximum absolute atomic E-state index is 11.1. The largest absolute Gasteiger partial charge is 0.454 e. The lowest BCUT2D eigenvalue weighted by atomic mass is 10.00. The van der Waals surface area contributed by atoms with Crippen LogP contribution in [0.1, 0.15) is 54.3 Å². The summed E-state index contributed by atoms with van der Waals surface area (Å²) < 4.78 is 5.35. The molecule has 140 valence electrons. The fraction of sp³-hybridized carbons (Fsp3) is 0.400. The quantitative estimate of drug-likeness (QED) is 0.525. The molecule has 0 aliphatic heterocycles. The molecule has 6 heteroatoms. The zero-order chi connectivity index (χ0) is 19.1. The van der Waals surface area contributed by atoms with Gasteiger partial charge in [-0.25, -0.2) is 0 Å². The van der Waals surface area contributed by atoms with Gasteiger partial charge in [-0.1, -0.05) is 38.1 Å². The molecule has 0 radical (unpaired) electrons. The Balaban J connectivity index is 1.90. The molecule has 0 spiro atoms. The number of nitrogens with zero attached hydrogens (tertiary/aromatic N) is 1. The van der Waals surface area contributed by atoms with Gasteiger partial charge in [0.15, 0.2) is 11.7 Å². The van der Waals surface area contributed by atoms with Gasteiger partial charge < -0.3 is 20.8 Å². The smallest absolute Gasteiger partial charge is 0.284 e. The van der Waals surface area contributed by atoms with Crippen LogP contribution >= 0.6 is 0 Å². The Morgan fingerprint density at radius 1 is 1.15 bits per heavy atom. The lowest BCUT2D eigenvalue weighted by molar-refractivity contribution is 0.0972. The molecule has 1 aromatic heterocycles. The molecule has 1 aromatic carbocycles. The minimum Gasteiger partial charge on any atom is -0.454 e. The van der Waals surface area contributed by atoms with Crippen molar-refractivity contribution in [3.05, 3.63) is 59.0 Å². The summed E-state index contributed by atoms with van der Waals surface area (Å²) in [6.45, 7) is 6.94. The molecule has 1 atom stereocenters. The van der Waals surface area contributed by atoms with E-state index in [2.05, 4.69) is 60.7 Å². The van der Waals surface area contributed by atoms with Gasteiger partial charge in [0.25, 0.3) is 5.91 Å². The molecule has 4 N–H and O–H groups in total. The zero-order valence-corrected chi connectivity index (χ0v) is 15.9. The normalized spacial score (nSPS) is 12.9. The molecule has 6 nitrogen and oxygen atoms in total. The molecule has 2 aromatic rings. The van der Waals surface area contributed by atoms with Gasteiger partial charge in [-0.15, -0.1) is 0 Å². The van der Waals surface area contributed by atoms with Gasteiger partial charge in [0.05, 0.1) is 12.6 Å². The minimum absolute atomic E-state index is 0.104. The van der Waals surface area contributed by atoms with E-state index in [1.165, 1.54) is 11.1 Å². The second-order valence-electron chi connectivity index (χ2n) is 6.76. The highest BCUT2D eigenvalue weighted by Gasteiger charge is 2.10. The van der Waals surface area contributed by atoms with E-state index in [0.29, 0.717) is 24.2 Å². The molecule has 1 heterocycles. The number of hydrogen-bond acceptors (Lipinski definition) is 3. The van der Waals surface area contributed by atoms with Crippen molar-refractivity contribution in [3.8, 4) is 0 Å². The van der Waals surface area contributed by atoms with E-state index in [-0.39, 0.29) is 11.8 Å². The molecule has 0 aliphatic carbocycles. The van der Waals surface area contributed by atoms with Crippen molar-refractivity contribution in [2.45, 2.75) is 39.8 Å². The zero-order valence-electron chi connectivity index (χ0n) is 15.9. The van der Waals surface area contributed by atoms with Crippen LogP contribution in [-0.4, -0.2) is 18.9 Å². The van der Waals surface area contributed by atoms with Crippen LogP contribution in [0.3, 0.4) is 0 Å². The molecule has 0 aliphatic rings. The standard InChI is InChI=1S/C20H28N4O2/c1-13(2)11-15-5-7-16(8-6-15)14(3)24-20(22-4)23-12-17-9-10-18(26-17)19(21)25/h5-10,13-14H,11-12H2,1-4H3,(H2,21,25)(H2,22,23,24). The van der Waals surface area contributed by atoms with Gasteiger partial charge in [0, 0.05) is 7.05 Å². The van der Waals surface area contributed by atoms with Crippen molar-refractivity contribution in [2.24, 2.45) is 16.6 Å². The first-order chi connectivity index (χ1) is 12.4. The average Bonchev–Trinajstić information content (AvgIpc) is 3.08. The molecule has 0 saturated heterocycles. The van der Waals surface area contributed by atoms with Crippen molar-refractivity contribution in [1.29, 1.82) is 0 Å². The van der Waals surface area contributed by atoms with E-state index in [1.54, 1.807) is 19.2 Å². The molecule has 0 saturated carbocycles. The van der Waals surface area contributed by atoms with Gasteiger partial charge in [-0.3, -0.25) is 9.79 Å². The summed E-state index contributed by atoms with van der Waals surface area (Å²) in [5, 5.41) is 6.52. The predicted molar refractivity (Wildman–Crippen MR) is 104 cm³/mol. The topological polar surface area (TPSA) is 92.6 Å². The van der Waals surface area contributed by atoms with E-state index in [1.807, 2.05) is 0 Å². The Hall–Kier alpha value is -2.76. The maximum Gasteiger partial charge on any atom is 0.284 e. The lowest BCUT2D eigenvalue weighted by Gasteiger charge is -2.18. The van der Waals surface area contributed by atoms with E-state index < -0.39 is 5.91 Å². The van der Waals surface area contributed by atoms with Gasteiger partial charge in [-0.2, -0.15) is 0 Å². The van der Waals surface area contributed by atoms with Crippen LogP contribution in [0.5, 0.6) is 0 Å². The summed E-state index contributed by atoms with van der Waals surface area (Å²) >= 11 is 0. The van der Waals surface area contributed by atoms with E-state index in [4.69, 9.17) is 10.2 Å². The second kappa shape index (κ2) is 9.08. The molecule has 1 amide bonds. The Labute approximate surface area is 154 Å². The summed E-state index contributed by atoms with van der Waals surface area (Å²) in [4.78, 5) is 15.3. The number of primary amides is 1. The fourth-order valence-corrected chi connectivity index (χ4v) is 2.67. The number of furan rings is 1. The summed E-state index contributed by atoms with van der Waals surface area (Å²) in [5.74, 6) is 1.50. The van der Waals surface area contributed by atoms with Crippen LogP contribution in [0.4, 0.5) is 0 Å². The molecule has 1 unspecified atom stereocenters. The Morgan fingerprint density at radius 2 is 1.85 bits per heavy atom. The van der Waals surface area contributed by atoms with Gasteiger partial charge in [-0.05, 0) is 42.5 Å². The number of carbonyl (C=O) groups is 1. The molecular weight excluding hydrogens is 328 g/mol. The number of rotatable bonds is 7. The number of nitrogens with two attached hydrogens (primary N) is 1. The van der Waals surface area contributed by atoms with Crippen molar-refractivity contribution in [3.63, 3.8) is 0 Å². The summed E-state index contributed by atoms with van der Waals surface area (Å²) in [5.41, 5.74) is 7.73. The highest BCUT2D eigenvalue weighted by molar-refractivity contribution is 5.89. The fourth-order valence-electron chi connectivity index (χ4n) is 2.67. The highest BCUT2D eigenvalue weighted by Crippen LogP contribution is 2.15. The van der Waals surface area contributed by atoms with Gasteiger partial charge in [0.2, 0.25) is 0 Å². The molecule has 2 rings (SSSR count). The second-order valence-corrected chi connectivity index (χ2v) is 6.76. The number of aliphatic imine (C=N–C) groups is 1. The number of carbonyl (C=O) groups excluding carboxylic acids is 1. The van der Waals surface area contributed by atoms with Crippen molar-refractivity contribution in [1.82, 2.24) is 10.6 Å². The van der Waals surface area contributed by atoms with Crippen LogP contribution in [0.25, 0.3) is 0 Å². The lowest BCUT2D eigenvalue weighted by Crippen LogP contribution is -2.38. The maximum atomic E-state index is 11.1. The average molecular weight is 356 g/mol. The third kappa shape index (κ3) is 5.65. The van der Waals surface area contributed by atoms with Crippen LogP contribution in [-0.2, 0) is 13.0 Å². The molecule has 0 fully saturated rings. The number of nitrogens with one attached hydrogen (secondary N) is 2. The Kier molecular flexibility index (Phi) is 6.83. The van der Waals surface area contributed by atoms with E-state index in [9.17, 15) is 4.79 Å². The van der Waals surface area contributed by atoms with Crippen LogP contribution in [0.2, 0.25) is 0 Å². The number of amides is 1. The number of benzene rings is 1. The monoisotopic (exact) mass is 356 g/mol. The Morgan fingerprint density at radius 3 is 2.38 bits per heavy atom. The van der Waals surface area contributed by atoms with E-state index in [0.717, 1.165) is 6.42 Å². The minimum atomic E-state index is -0.576. The first-order valence-electron chi connectivity index (χ1n) is 8.83. The summed E-state index contributed by atoms with van der Waals surface area (Å²) in [6, 6.07) is 12.0. The summed E-state index contributed by atoms with van der Waals surface area (Å²) in [7, 11) is 1.71. The Bertz CT molecular complexity index is 747. The highest BCUT2D eigenvalue weighted by atomic mass is 16.3. The summed E-state index contributed by atoms with van der Waals surface area (Å²) in [6.07, 6.45) is 1.09. The number of hydrogen-bond donors (Lipinski definition) is 3. The van der Waals surface area contributed by atoms with Crippen molar-refractivity contribution >= 4 is 11.9 Å². The molecule has 0 bridgehead atoms. The van der Waals surface area contributed by atoms with E-state index >= 15 is 0 Å². The third-order valence-electron chi connectivity index (χ3n) is 4.04. The number of guanidine groups is 1. The molecular formula is C20H28N4O2. The van der Waals surface area contributed by atoms with Gasteiger partial charge in [0.1, 0.15) is 5.76 Å². The molecule has 26 heavy (non-hydrogen) atoms. The van der Waals surface area contributed by atoms with Crippen LogP contribution in [0.15, 0.2) is 45.8 Å². The van der Waals surface area contributed by atoms with Crippen molar-refractivity contribution in [2.75, 3.05) is 7.05 Å².